The summed E-state index contributed by atoms with van der Waals surface area (Å²) < 4.78 is 0. The molecule has 14 heavy (non-hydrogen) atoms. The summed E-state index contributed by atoms with van der Waals surface area (Å²) >= 11 is 5.95. The second kappa shape index (κ2) is 4.81. The highest BCUT2D eigenvalue weighted by atomic mass is 35.5. The summed E-state index contributed by atoms with van der Waals surface area (Å²) in [5.74, 6) is 0.626. The van der Waals surface area contributed by atoms with Gasteiger partial charge in [-0.1, -0.05) is 37.6 Å². The van der Waals surface area contributed by atoms with Crippen molar-refractivity contribution >= 4 is 11.6 Å². The highest BCUT2D eigenvalue weighted by Crippen LogP contribution is 2.23. The Kier molecular flexibility index (Phi) is 3.97. The molecule has 0 saturated carbocycles. The third kappa shape index (κ3) is 3.00. The Morgan fingerprint density at radius 2 is 2.00 bits per heavy atom. The maximum absolute atomic E-state index is 6.07. The fourth-order valence-corrected chi connectivity index (χ4v) is 1.66. The minimum absolute atomic E-state index is 0.131. The van der Waals surface area contributed by atoms with Crippen LogP contribution in [0.15, 0.2) is 18.2 Å². The van der Waals surface area contributed by atoms with Gasteiger partial charge in [-0.25, -0.2) is 0 Å². The summed E-state index contributed by atoms with van der Waals surface area (Å²) in [6.45, 7) is 6.37. The standard InChI is InChI=1S/C12H18ClN/c1-8(2)6-12(14)10-4-5-11(13)9(3)7-10/h4-5,7-8,12H,6,14H2,1-3H3/t12-/m0/s1. The van der Waals surface area contributed by atoms with Crippen molar-refractivity contribution in [1.82, 2.24) is 0 Å². The summed E-state index contributed by atoms with van der Waals surface area (Å²) in [6.07, 6.45) is 1.01. The van der Waals surface area contributed by atoms with Crippen LogP contribution in [0.1, 0.15) is 37.4 Å². The average Bonchev–Trinajstić information content (AvgIpc) is 2.08. The molecule has 0 heterocycles. The molecule has 0 radical (unpaired) electrons. The molecule has 1 aromatic carbocycles. The minimum atomic E-state index is 0.131. The van der Waals surface area contributed by atoms with E-state index in [-0.39, 0.29) is 6.04 Å². The van der Waals surface area contributed by atoms with Gasteiger partial charge in [-0.3, -0.25) is 0 Å². The molecule has 1 rings (SSSR count). The van der Waals surface area contributed by atoms with Crippen LogP contribution < -0.4 is 5.73 Å². The van der Waals surface area contributed by atoms with E-state index in [4.69, 9.17) is 17.3 Å². The second-order valence-corrected chi connectivity index (χ2v) is 4.65. The molecule has 0 bridgehead atoms. The third-order valence-electron chi connectivity index (χ3n) is 2.34. The molecule has 1 nitrogen and oxygen atoms in total. The molecule has 0 spiro atoms. The van der Waals surface area contributed by atoms with Crippen molar-refractivity contribution in [3.8, 4) is 0 Å². The summed E-state index contributed by atoms with van der Waals surface area (Å²) in [4.78, 5) is 0. The van der Waals surface area contributed by atoms with E-state index in [1.54, 1.807) is 0 Å². The molecule has 2 N–H and O–H groups in total. The van der Waals surface area contributed by atoms with Crippen LogP contribution in [0.2, 0.25) is 5.02 Å². The molecule has 78 valence electrons. The van der Waals surface area contributed by atoms with Crippen LogP contribution in [-0.2, 0) is 0 Å². The van der Waals surface area contributed by atoms with Gasteiger partial charge in [0.2, 0.25) is 0 Å². The highest BCUT2D eigenvalue weighted by molar-refractivity contribution is 6.31. The smallest absolute Gasteiger partial charge is 0.0435 e. The quantitative estimate of drug-likeness (QED) is 0.811. The van der Waals surface area contributed by atoms with Gasteiger partial charge in [0.1, 0.15) is 0 Å². The van der Waals surface area contributed by atoms with Gasteiger partial charge in [0, 0.05) is 11.1 Å². The van der Waals surface area contributed by atoms with E-state index in [9.17, 15) is 0 Å². The Morgan fingerprint density at radius 3 is 2.50 bits per heavy atom. The Balaban J connectivity index is 2.80. The van der Waals surface area contributed by atoms with Crippen molar-refractivity contribution in [2.45, 2.75) is 33.2 Å². The Labute approximate surface area is 91.3 Å². The molecule has 2 heteroatoms. The number of nitrogens with two attached hydrogens (primary N) is 1. The van der Waals surface area contributed by atoms with Crippen LogP contribution in [0.25, 0.3) is 0 Å². The molecule has 0 aliphatic heterocycles. The van der Waals surface area contributed by atoms with E-state index >= 15 is 0 Å². The first kappa shape index (κ1) is 11.5. The van der Waals surface area contributed by atoms with Gasteiger partial charge in [-0.2, -0.15) is 0 Å². The summed E-state index contributed by atoms with van der Waals surface area (Å²) in [5, 5.41) is 0.811. The molecule has 0 fully saturated rings. The highest BCUT2D eigenvalue weighted by Gasteiger charge is 2.08. The van der Waals surface area contributed by atoms with Crippen LogP contribution in [-0.4, -0.2) is 0 Å². The predicted molar refractivity (Wildman–Crippen MR) is 62.6 cm³/mol. The van der Waals surface area contributed by atoms with Crippen LogP contribution in [0.4, 0.5) is 0 Å². The molecular formula is C12H18ClN. The van der Waals surface area contributed by atoms with Gasteiger partial charge < -0.3 is 5.73 Å². The van der Waals surface area contributed by atoms with Crippen LogP contribution >= 0.6 is 11.6 Å². The molecule has 0 amide bonds. The lowest BCUT2D eigenvalue weighted by Crippen LogP contribution is -2.12. The zero-order valence-corrected chi connectivity index (χ0v) is 9.81. The van der Waals surface area contributed by atoms with Crippen molar-refractivity contribution in [1.29, 1.82) is 0 Å². The first-order valence-electron chi connectivity index (χ1n) is 5.02. The summed E-state index contributed by atoms with van der Waals surface area (Å²) in [6, 6.07) is 6.15. The van der Waals surface area contributed by atoms with Gasteiger partial charge in [0.15, 0.2) is 0 Å². The van der Waals surface area contributed by atoms with Gasteiger partial charge in [0.05, 0.1) is 0 Å². The minimum Gasteiger partial charge on any atom is -0.324 e. The monoisotopic (exact) mass is 211 g/mol. The van der Waals surface area contributed by atoms with Crippen molar-refractivity contribution in [2.24, 2.45) is 11.7 Å². The Bertz CT molecular complexity index is 307. The summed E-state index contributed by atoms with van der Waals surface area (Å²) in [7, 11) is 0. The van der Waals surface area contributed by atoms with E-state index in [0.717, 1.165) is 17.0 Å². The van der Waals surface area contributed by atoms with Crippen LogP contribution in [0, 0.1) is 12.8 Å². The van der Waals surface area contributed by atoms with Gasteiger partial charge in [-0.15, -0.1) is 0 Å². The van der Waals surface area contributed by atoms with Crippen molar-refractivity contribution in [3.63, 3.8) is 0 Å². The van der Waals surface area contributed by atoms with Gasteiger partial charge in [0.25, 0.3) is 0 Å². The Morgan fingerprint density at radius 1 is 1.36 bits per heavy atom. The molecule has 0 aliphatic rings. The van der Waals surface area contributed by atoms with Crippen LogP contribution in [0.3, 0.4) is 0 Å². The largest absolute Gasteiger partial charge is 0.324 e. The first-order chi connectivity index (χ1) is 6.50. The molecular weight excluding hydrogens is 194 g/mol. The number of halogens is 1. The zero-order chi connectivity index (χ0) is 10.7. The van der Waals surface area contributed by atoms with E-state index in [2.05, 4.69) is 19.9 Å². The number of rotatable bonds is 3. The summed E-state index contributed by atoms with van der Waals surface area (Å²) in [5.41, 5.74) is 8.35. The molecule has 1 aromatic rings. The Hall–Kier alpha value is -0.530. The van der Waals surface area contributed by atoms with Gasteiger partial charge in [-0.05, 0) is 36.5 Å². The lowest BCUT2D eigenvalue weighted by atomic mass is 9.97. The maximum atomic E-state index is 6.07. The topological polar surface area (TPSA) is 26.0 Å². The fraction of sp³-hybridized carbons (Fsp3) is 0.500. The SMILES string of the molecule is Cc1cc([C@@H](N)CC(C)C)ccc1Cl. The maximum Gasteiger partial charge on any atom is 0.0435 e. The molecule has 0 aromatic heterocycles. The van der Waals surface area contributed by atoms with E-state index in [1.807, 2.05) is 19.1 Å². The number of benzene rings is 1. The normalized spacial score (nSPS) is 13.3. The lowest BCUT2D eigenvalue weighted by molar-refractivity contribution is 0.510. The predicted octanol–water partition coefficient (Wildman–Crippen LogP) is 3.69. The molecule has 0 aliphatic carbocycles. The lowest BCUT2D eigenvalue weighted by Gasteiger charge is -2.15. The van der Waals surface area contributed by atoms with Crippen molar-refractivity contribution < 1.29 is 0 Å². The zero-order valence-electron chi connectivity index (χ0n) is 9.05. The third-order valence-corrected chi connectivity index (χ3v) is 2.76. The number of aryl methyl sites for hydroxylation is 1. The molecule has 0 saturated heterocycles. The van der Waals surface area contributed by atoms with Gasteiger partial charge >= 0.3 is 0 Å². The fourth-order valence-electron chi connectivity index (χ4n) is 1.54. The second-order valence-electron chi connectivity index (χ2n) is 4.24. The molecule has 0 unspecified atom stereocenters. The number of hydrogen-bond acceptors (Lipinski definition) is 1. The van der Waals surface area contributed by atoms with E-state index in [0.29, 0.717) is 5.92 Å². The first-order valence-corrected chi connectivity index (χ1v) is 5.40. The van der Waals surface area contributed by atoms with E-state index < -0.39 is 0 Å². The average molecular weight is 212 g/mol. The van der Waals surface area contributed by atoms with Crippen molar-refractivity contribution in [3.05, 3.63) is 34.3 Å². The van der Waals surface area contributed by atoms with Crippen molar-refractivity contribution in [2.75, 3.05) is 0 Å². The van der Waals surface area contributed by atoms with E-state index in [1.165, 1.54) is 5.56 Å². The molecule has 1 atom stereocenters. The van der Waals surface area contributed by atoms with Crippen LogP contribution in [0.5, 0.6) is 0 Å². The number of hydrogen-bond donors (Lipinski definition) is 1.